The molecule has 9 nitrogen and oxygen atoms in total. The molecule has 0 bridgehead atoms. The number of alkyl halides is 6. The van der Waals surface area contributed by atoms with Crippen LogP contribution in [0.4, 0.5) is 38.0 Å². The lowest BCUT2D eigenvalue weighted by Gasteiger charge is -2.49. The van der Waals surface area contributed by atoms with Crippen LogP contribution in [0.2, 0.25) is 0 Å². The van der Waals surface area contributed by atoms with Crippen molar-refractivity contribution in [2.45, 2.75) is 109 Å². The number of piperidine rings is 1. The van der Waals surface area contributed by atoms with Crippen LogP contribution in [0.15, 0.2) is 30.6 Å². The minimum atomic E-state index is -4.99. The molecule has 15 heteroatoms. The van der Waals surface area contributed by atoms with E-state index in [1.54, 1.807) is 17.3 Å². The number of carbonyl (C=O) groups is 2. The highest BCUT2D eigenvalue weighted by atomic mass is 19.4. The minimum Gasteiger partial charge on any atom is -0.481 e. The number of carboxylic acids is 1. The number of anilines is 2. The summed E-state index contributed by atoms with van der Waals surface area (Å²) in [7, 11) is 0. The summed E-state index contributed by atoms with van der Waals surface area (Å²) in [6.07, 6.45) is -2.09. The van der Waals surface area contributed by atoms with Gasteiger partial charge in [-0.2, -0.15) is 26.3 Å². The number of amides is 1. The van der Waals surface area contributed by atoms with Crippen LogP contribution in [0, 0.1) is 11.8 Å². The molecule has 1 aromatic heterocycles. The van der Waals surface area contributed by atoms with Gasteiger partial charge in [0.2, 0.25) is 11.9 Å². The number of ether oxygens (including phenoxy) is 1. The van der Waals surface area contributed by atoms with Gasteiger partial charge in [-0.15, -0.1) is 0 Å². The van der Waals surface area contributed by atoms with Crippen molar-refractivity contribution < 1.29 is 45.8 Å². The first-order valence-corrected chi connectivity index (χ1v) is 17.4. The summed E-state index contributed by atoms with van der Waals surface area (Å²) < 4.78 is 88.4. The second kappa shape index (κ2) is 15.7. The minimum absolute atomic E-state index is 0.0290. The average Bonchev–Trinajstić information content (AvgIpc) is 3.09. The lowest BCUT2D eigenvalue weighted by molar-refractivity contribution is -0.145. The maximum absolute atomic E-state index is 14.1. The second-order valence-corrected chi connectivity index (χ2v) is 13.7. The summed E-state index contributed by atoms with van der Waals surface area (Å²) in [5.74, 6) is -0.815. The lowest BCUT2D eigenvalue weighted by Crippen LogP contribution is -2.58. The van der Waals surface area contributed by atoms with E-state index >= 15 is 0 Å². The van der Waals surface area contributed by atoms with E-state index in [9.17, 15) is 41.0 Å². The average molecular weight is 714 g/mol. The smallest absolute Gasteiger partial charge is 0.416 e. The van der Waals surface area contributed by atoms with Crippen LogP contribution in [0.25, 0.3) is 0 Å². The monoisotopic (exact) mass is 713 g/mol. The number of aromatic nitrogens is 2. The standard InChI is InChI=1S/C35H45F6N5O4/c1-3-27-17-29(18-28(4-2)46(27)32(49)24-7-5-22(6-8-24)15-31(47)48)45(33-42-19-30(20-43-33)44-9-11-50-12-10-44)21-23-13-25(34(36,37)38)16-26(14-23)35(39,40)41/h13-14,16,19-20,22,24,27-29H,3-12,15,17-18,21H2,1-2H3,(H,47,48). The maximum atomic E-state index is 14.1. The Bertz CT molecular complexity index is 1410. The molecule has 3 fully saturated rings. The number of carboxylic acid groups (broad SMARTS) is 1. The largest absolute Gasteiger partial charge is 0.481 e. The van der Waals surface area contributed by atoms with Crippen LogP contribution in [0.3, 0.4) is 0 Å². The van der Waals surface area contributed by atoms with E-state index in [1.165, 1.54) is 0 Å². The highest BCUT2D eigenvalue weighted by Gasteiger charge is 2.43. The molecule has 276 valence electrons. The zero-order chi connectivity index (χ0) is 36.2. The van der Waals surface area contributed by atoms with E-state index in [0.29, 0.717) is 77.7 Å². The molecule has 50 heavy (non-hydrogen) atoms. The number of benzene rings is 1. The number of carbonyl (C=O) groups excluding carboxylic acids is 1. The Morgan fingerprint density at radius 2 is 1.42 bits per heavy atom. The number of nitrogens with zero attached hydrogens (tertiary/aromatic N) is 5. The van der Waals surface area contributed by atoms with E-state index < -0.39 is 35.5 Å². The normalized spacial score (nSPS) is 25.0. The summed E-state index contributed by atoms with van der Waals surface area (Å²) in [5, 5.41) is 9.20. The van der Waals surface area contributed by atoms with Crippen LogP contribution in [0.5, 0.6) is 0 Å². The first kappa shape index (κ1) is 37.6. The number of hydrogen-bond acceptors (Lipinski definition) is 7. The van der Waals surface area contributed by atoms with E-state index in [2.05, 4.69) is 9.97 Å². The molecule has 3 heterocycles. The van der Waals surface area contributed by atoms with Gasteiger partial charge >= 0.3 is 18.3 Å². The summed E-state index contributed by atoms with van der Waals surface area (Å²) >= 11 is 0. The molecular weight excluding hydrogens is 668 g/mol. The molecule has 2 unspecified atom stereocenters. The van der Waals surface area contributed by atoms with Crippen molar-refractivity contribution >= 4 is 23.5 Å². The molecule has 1 saturated carbocycles. The molecule has 3 aliphatic rings. The number of rotatable bonds is 10. The molecule has 5 rings (SSSR count). The summed E-state index contributed by atoms with van der Waals surface area (Å²) in [6.45, 7) is 5.94. The van der Waals surface area contributed by atoms with E-state index in [-0.39, 0.29) is 60.4 Å². The highest BCUT2D eigenvalue weighted by molar-refractivity contribution is 5.80. The molecule has 2 saturated heterocycles. The first-order valence-electron chi connectivity index (χ1n) is 17.4. The van der Waals surface area contributed by atoms with Gasteiger partial charge in [0.1, 0.15) is 0 Å². The molecule has 0 radical (unpaired) electrons. The molecule has 2 atom stereocenters. The summed E-state index contributed by atoms with van der Waals surface area (Å²) in [4.78, 5) is 40.1. The number of halogens is 6. The SMILES string of the molecule is CCC1CC(N(Cc2cc(C(F)(F)F)cc(C(F)(F)F)c2)c2ncc(N3CCOCC3)cn2)CC(CC)N1C(=O)C1CCC(CC(=O)O)CC1. The molecule has 2 aromatic rings. The Balaban J connectivity index is 1.45. The van der Waals surface area contributed by atoms with Crippen molar-refractivity contribution in [3.8, 4) is 0 Å². The third-order valence-electron chi connectivity index (χ3n) is 10.4. The van der Waals surface area contributed by atoms with Crippen LogP contribution >= 0.6 is 0 Å². The molecule has 0 spiro atoms. The Morgan fingerprint density at radius 1 is 0.880 bits per heavy atom. The van der Waals surface area contributed by atoms with Crippen molar-refractivity contribution in [1.82, 2.24) is 14.9 Å². The van der Waals surface area contributed by atoms with Gasteiger partial charge in [0.25, 0.3) is 0 Å². The van der Waals surface area contributed by atoms with Gasteiger partial charge in [-0.05, 0) is 81.0 Å². The fourth-order valence-electron chi connectivity index (χ4n) is 7.78. The van der Waals surface area contributed by atoms with Gasteiger partial charge in [-0.3, -0.25) is 9.59 Å². The van der Waals surface area contributed by atoms with Gasteiger partial charge in [-0.1, -0.05) is 13.8 Å². The zero-order valence-corrected chi connectivity index (χ0v) is 28.3. The molecule has 1 aliphatic carbocycles. The lowest BCUT2D eigenvalue weighted by atomic mass is 9.78. The summed E-state index contributed by atoms with van der Waals surface area (Å²) in [5.41, 5.74) is -2.22. The van der Waals surface area contributed by atoms with Gasteiger partial charge in [0, 0.05) is 50.1 Å². The van der Waals surface area contributed by atoms with E-state index in [1.807, 2.05) is 23.6 Å². The van der Waals surface area contributed by atoms with Gasteiger partial charge in [0.15, 0.2) is 0 Å². The third kappa shape index (κ3) is 8.99. The Morgan fingerprint density at radius 3 is 1.90 bits per heavy atom. The second-order valence-electron chi connectivity index (χ2n) is 13.7. The van der Waals surface area contributed by atoms with Crippen molar-refractivity contribution in [1.29, 1.82) is 0 Å². The quantitative estimate of drug-likeness (QED) is 0.259. The van der Waals surface area contributed by atoms with Crippen LogP contribution < -0.4 is 9.80 Å². The molecule has 2 aliphatic heterocycles. The fourth-order valence-corrected chi connectivity index (χ4v) is 7.78. The predicted molar refractivity (Wildman–Crippen MR) is 173 cm³/mol. The van der Waals surface area contributed by atoms with Gasteiger partial charge in [-0.25, -0.2) is 9.97 Å². The van der Waals surface area contributed by atoms with Crippen molar-refractivity contribution in [3.05, 3.63) is 47.3 Å². The Kier molecular flexibility index (Phi) is 11.8. The first-order chi connectivity index (χ1) is 23.7. The number of aliphatic carboxylic acids is 1. The van der Waals surface area contributed by atoms with Crippen molar-refractivity contribution in [3.63, 3.8) is 0 Å². The van der Waals surface area contributed by atoms with Crippen LogP contribution in [-0.4, -0.2) is 76.3 Å². The van der Waals surface area contributed by atoms with Crippen LogP contribution in [0.1, 0.15) is 88.3 Å². The number of likely N-dealkylation sites (tertiary alicyclic amines) is 1. The number of hydrogen-bond donors (Lipinski definition) is 1. The molecule has 1 aromatic carbocycles. The Labute approximate surface area is 288 Å². The Hall–Kier alpha value is -3.62. The van der Waals surface area contributed by atoms with E-state index in [0.717, 1.165) is 17.8 Å². The van der Waals surface area contributed by atoms with Crippen molar-refractivity contribution in [2.75, 3.05) is 36.1 Å². The molecular formula is C35H45F6N5O4. The highest BCUT2D eigenvalue weighted by Crippen LogP contribution is 2.40. The fraction of sp³-hybridized carbons (Fsp3) is 0.657. The van der Waals surface area contributed by atoms with E-state index in [4.69, 9.17) is 4.74 Å². The van der Waals surface area contributed by atoms with Gasteiger partial charge < -0.3 is 24.5 Å². The van der Waals surface area contributed by atoms with Crippen molar-refractivity contribution in [2.24, 2.45) is 11.8 Å². The van der Waals surface area contributed by atoms with Crippen LogP contribution in [-0.2, 0) is 33.2 Å². The number of morpholine rings is 1. The van der Waals surface area contributed by atoms with Gasteiger partial charge in [0.05, 0.1) is 42.4 Å². The zero-order valence-electron chi connectivity index (χ0n) is 28.3. The topological polar surface area (TPSA) is 99.1 Å². The molecule has 1 amide bonds. The third-order valence-corrected chi connectivity index (χ3v) is 10.4. The predicted octanol–water partition coefficient (Wildman–Crippen LogP) is 7.19. The maximum Gasteiger partial charge on any atom is 0.416 e. The summed E-state index contributed by atoms with van der Waals surface area (Å²) in [6, 6.07) is 0.770. The molecule has 1 N–H and O–H groups in total.